The molecule has 1 N–H and O–H groups in total. The Morgan fingerprint density at radius 2 is 1.82 bits per heavy atom. The molecule has 0 radical (unpaired) electrons. The van der Waals surface area contributed by atoms with Gasteiger partial charge in [0.1, 0.15) is 11.6 Å². The maximum Gasteiger partial charge on any atom is 0.275 e. The lowest BCUT2D eigenvalue weighted by Gasteiger charge is -2.35. The van der Waals surface area contributed by atoms with Crippen molar-refractivity contribution in [3.63, 3.8) is 0 Å². The predicted molar refractivity (Wildman–Crippen MR) is 131 cm³/mol. The fourth-order valence-corrected chi connectivity index (χ4v) is 4.62. The first-order valence-corrected chi connectivity index (χ1v) is 11.4. The second-order valence-electron chi connectivity index (χ2n) is 8.26. The van der Waals surface area contributed by atoms with Crippen LogP contribution in [0.25, 0.3) is 27.6 Å². The van der Waals surface area contributed by atoms with E-state index < -0.39 is 0 Å². The number of benzene rings is 2. The van der Waals surface area contributed by atoms with Gasteiger partial charge in [0, 0.05) is 36.6 Å². The minimum Gasteiger partial charge on any atom is -0.352 e. The van der Waals surface area contributed by atoms with Gasteiger partial charge >= 0.3 is 0 Å². The van der Waals surface area contributed by atoms with Crippen molar-refractivity contribution in [1.82, 2.24) is 34.8 Å². The van der Waals surface area contributed by atoms with Crippen molar-refractivity contribution in [2.45, 2.75) is 6.92 Å². The SMILES string of the molecule is Cc1nc(N2CCN(C(=O)c3n[nH]c4ccccc34)CC2)c2cnn(-c3cccc(Cl)c3)c2n1. The molecule has 6 rings (SSSR count). The summed E-state index contributed by atoms with van der Waals surface area (Å²) in [6, 6.07) is 15.2. The lowest BCUT2D eigenvalue weighted by Crippen LogP contribution is -2.49. The van der Waals surface area contributed by atoms with Crippen molar-refractivity contribution in [2.24, 2.45) is 0 Å². The summed E-state index contributed by atoms with van der Waals surface area (Å²) in [5, 5.41) is 14.1. The summed E-state index contributed by atoms with van der Waals surface area (Å²) in [5.41, 5.74) is 2.90. The molecule has 34 heavy (non-hydrogen) atoms. The van der Waals surface area contributed by atoms with Gasteiger partial charge in [-0.25, -0.2) is 14.6 Å². The van der Waals surface area contributed by atoms with Crippen LogP contribution in [0.1, 0.15) is 16.3 Å². The molecule has 0 atom stereocenters. The third kappa shape index (κ3) is 3.45. The number of rotatable bonds is 3. The first-order chi connectivity index (χ1) is 16.6. The second kappa shape index (κ2) is 8.11. The van der Waals surface area contributed by atoms with E-state index in [1.165, 1.54) is 0 Å². The molecule has 170 valence electrons. The Labute approximate surface area is 200 Å². The Hall–Kier alpha value is -3.98. The summed E-state index contributed by atoms with van der Waals surface area (Å²) in [5.74, 6) is 1.43. The van der Waals surface area contributed by atoms with Gasteiger partial charge in [-0.15, -0.1) is 0 Å². The number of anilines is 1. The van der Waals surface area contributed by atoms with Crippen molar-refractivity contribution < 1.29 is 4.79 Å². The summed E-state index contributed by atoms with van der Waals surface area (Å²) in [6.07, 6.45) is 1.79. The van der Waals surface area contributed by atoms with Gasteiger partial charge in [0.15, 0.2) is 11.3 Å². The zero-order valence-electron chi connectivity index (χ0n) is 18.4. The largest absolute Gasteiger partial charge is 0.352 e. The molecule has 1 aliphatic rings. The molecule has 0 saturated carbocycles. The van der Waals surface area contributed by atoms with Crippen molar-refractivity contribution >= 4 is 45.3 Å². The predicted octanol–water partition coefficient (Wildman–Crippen LogP) is 3.62. The van der Waals surface area contributed by atoms with Gasteiger partial charge in [-0.05, 0) is 31.2 Å². The normalized spacial score (nSPS) is 14.3. The highest BCUT2D eigenvalue weighted by Gasteiger charge is 2.27. The summed E-state index contributed by atoms with van der Waals surface area (Å²) in [4.78, 5) is 26.6. The van der Waals surface area contributed by atoms with E-state index in [1.54, 1.807) is 10.9 Å². The molecule has 2 aromatic carbocycles. The Bertz CT molecular complexity index is 1530. The smallest absolute Gasteiger partial charge is 0.275 e. The number of halogens is 1. The second-order valence-corrected chi connectivity index (χ2v) is 8.70. The first kappa shape index (κ1) is 20.6. The highest BCUT2D eigenvalue weighted by molar-refractivity contribution is 6.30. The highest BCUT2D eigenvalue weighted by Crippen LogP contribution is 2.28. The number of aryl methyl sites for hydroxylation is 1. The van der Waals surface area contributed by atoms with Crippen LogP contribution < -0.4 is 4.90 Å². The third-order valence-electron chi connectivity index (χ3n) is 6.11. The average molecular weight is 473 g/mol. The van der Waals surface area contributed by atoms with Crippen molar-refractivity contribution in [1.29, 1.82) is 0 Å². The molecule has 10 heteroatoms. The Balaban J connectivity index is 1.27. The van der Waals surface area contributed by atoms with E-state index >= 15 is 0 Å². The number of nitrogens with zero attached hydrogens (tertiary/aromatic N) is 7. The topological polar surface area (TPSA) is 95.8 Å². The maximum atomic E-state index is 13.1. The van der Waals surface area contributed by atoms with Crippen molar-refractivity contribution in [2.75, 3.05) is 31.1 Å². The summed E-state index contributed by atoms with van der Waals surface area (Å²) in [7, 11) is 0. The molecule has 5 aromatic rings. The van der Waals surface area contributed by atoms with Crippen LogP contribution in [0, 0.1) is 6.92 Å². The lowest BCUT2D eigenvalue weighted by molar-refractivity contribution is 0.0742. The van der Waals surface area contributed by atoms with E-state index in [-0.39, 0.29) is 5.91 Å². The van der Waals surface area contributed by atoms with E-state index in [9.17, 15) is 4.79 Å². The number of piperazine rings is 1. The van der Waals surface area contributed by atoms with Crippen LogP contribution >= 0.6 is 11.6 Å². The monoisotopic (exact) mass is 472 g/mol. The Morgan fingerprint density at radius 3 is 2.65 bits per heavy atom. The minimum absolute atomic E-state index is 0.0603. The molecular weight excluding hydrogens is 452 g/mol. The van der Waals surface area contributed by atoms with Crippen LogP contribution in [-0.4, -0.2) is 66.9 Å². The highest BCUT2D eigenvalue weighted by atomic mass is 35.5. The average Bonchev–Trinajstić information content (AvgIpc) is 3.48. The molecule has 1 fully saturated rings. The number of aromatic amines is 1. The number of hydrogen-bond acceptors (Lipinski definition) is 6. The zero-order chi connectivity index (χ0) is 23.2. The van der Waals surface area contributed by atoms with Gasteiger partial charge in [-0.1, -0.05) is 35.9 Å². The van der Waals surface area contributed by atoms with Gasteiger partial charge in [0.2, 0.25) is 0 Å². The van der Waals surface area contributed by atoms with Crippen LogP contribution in [0.2, 0.25) is 5.02 Å². The third-order valence-corrected chi connectivity index (χ3v) is 6.35. The number of fused-ring (bicyclic) bond motifs is 2. The zero-order valence-corrected chi connectivity index (χ0v) is 19.2. The molecule has 4 heterocycles. The van der Waals surface area contributed by atoms with Crippen LogP contribution in [0.4, 0.5) is 5.82 Å². The van der Waals surface area contributed by atoms with E-state index in [0.717, 1.165) is 33.4 Å². The van der Waals surface area contributed by atoms with E-state index in [4.69, 9.17) is 16.6 Å². The Morgan fingerprint density at radius 1 is 1.00 bits per heavy atom. The van der Waals surface area contributed by atoms with Crippen molar-refractivity contribution in [3.8, 4) is 5.69 Å². The fourth-order valence-electron chi connectivity index (χ4n) is 4.43. The summed E-state index contributed by atoms with van der Waals surface area (Å²) >= 11 is 6.18. The van der Waals surface area contributed by atoms with E-state index in [1.807, 2.05) is 60.4 Å². The van der Waals surface area contributed by atoms with Gasteiger partial charge in [-0.3, -0.25) is 9.89 Å². The Kier molecular flexibility index (Phi) is 4.91. The number of amides is 1. The molecule has 1 amide bonds. The molecule has 9 nitrogen and oxygen atoms in total. The number of nitrogens with one attached hydrogen (secondary N) is 1. The standard InChI is InChI=1S/C24H21ClN8O/c1-15-27-22(19-14-26-33(23(19)28-15)17-6-4-5-16(25)13-17)31-9-11-32(12-10-31)24(34)21-18-7-2-3-8-20(18)29-30-21/h2-8,13-14H,9-12H2,1H3,(H,29,30). The molecule has 0 spiro atoms. The molecule has 1 aliphatic heterocycles. The molecule has 3 aromatic heterocycles. The summed E-state index contributed by atoms with van der Waals surface area (Å²) < 4.78 is 1.78. The first-order valence-electron chi connectivity index (χ1n) is 11.0. The number of hydrogen-bond donors (Lipinski definition) is 1. The maximum absolute atomic E-state index is 13.1. The lowest BCUT2D eigenvalue weighted by atomic mass is 10.2. The molecule has 0 unspecified atom stereocenters. The number of carbonyl (C=O) groups excluding carboxylic acids is 1. The molecule has 1 saturated heterocycles. The molecule has 0 bridgehead atoms. The minimum atomic E-state index is -0.0603. The van der Waals surface area contributed by atoms with E-state index in [0.29, 0.717) is 42.7 Å². The number of para-hydroxylation sites is 1. The van der Waals surface area contributed by atoms with Crippen LogP contribution in [-0.2, 0) is 0 Å². The quantitative estimate of drug-likeness (QED) is 0.431. The van der Waals surface area contributed by atoms with Crippen LogP contribution in [0.5, 0.6) is 0 Å². The molecule has 0 aliphatic carbocycles. The number of carbonyl (C=O) groups is 1. The van der Waals surface area contributed by atoms with Crippen LogP contribution in [0.15, 0.2) is 54.7 Å². The fraction of sp³-hybridized carbons (Fsp3) is 0.208. The van der Waals surface area contributed by atoms with Gasteiger partial charge in [-0.2, -0.15) is 10.2 Å². The number of aromatic nitrogens is 6. The van der Waals surface area contributed by atoms with Gasteiger partial charge < -0.3 is 9.80 Å². The van der Waals surface area contributed by atoms with Crippen molar-refractivity contribution in [3.05, 3.63) is 71.3 Å². The van der Waals surface area contributed by atoms with E-state index in [2.05, 4.69) is 25.2 Å². The van der Waals surface area contributed by atoms with Gasteiger partial charge in [0.25, 0.3) is 5.91 Å². The van der Waals surface area contributed by atoms with Crippen LogP contribution in [0.3, 0.4) is 0 Å². The molecular formula is C24H21ClN8O. The number of H-pyrrole nitrogens is 1. The van der Waals surface area contributed by atoms with Gasteiger partial charge in [0.05, 0.1) is 22.8 Å². The summed E-state index contributed by atoms with van der Waals surface area (Å²) in [6.45, 7) is 4.34.